The fraction of sp³-hybridized carbons (Fsp3) is 0. The maximum atomic E-state index is 5.11. The van der Waals surface area contributed by atoms with Gasteiger partial charge in [0.05, 0.1) is 38.6 Å². The van der Waals surface area contributed by atoms with Gasteiger partial charge in [0.2, 0.25) is 11.6 Å². The van der Waals surface area contributed by atoms with Crippen molar-refractivity contribution in [3.63, 3.8) is 0 Å². The number of pyridine rings is 1. The Morgan fingerprint density at radius 2 is 0.981 bits per heavy atom. The molecular weight excluding hydrogens is 824 g/mol. The molecule has 0 aliphatic heterocycles. The minimum atomic E-state index is 0. The second-order valence-corrected chi connectivity index (χ2v) is 12.9. The number of rotatable bonds is 3. The van der Waals surface area contributed by atoms with Crippen LogP contribution in [0.15, 0.2) is 146 Å². The summed E-state index contributed by atoms with van der Waals surface area (Å²) in [5, 5.41) is 2.27. The minimum absolute atomic E-state index is 0. The van der Waals surface area contributed by atoms with Gasteiger partial charge in [-0.1, -0.05) is 77.2 Å². The van der Waals surface area contributed by atoms with Crippen molar-refractivity contribution in [3.8, 4) is 17.1 Å². The van der Waals surface area contributed by atoms with Gasteiger partial charge < -0.3 is 13.7 Å². The van der Waals surface area contributed by atoms with E-state index in [0.29, 0.717) is 0 Å². The van der Waals surface area contributed by atoms with Crippen molar-refractivity contribution in [2.45, 2.75) is 0 Å². The number of hydrogen-bond donors (Lipinski definition) is 0. The SMILES string of the molecule is [Pt+2].[c-]1c(-n2c3[c-]c(-n4c5ccccc5n5c6ccccc6nc45)ccc3c3ccccc32)cccc1-n1c2cccnc2n2c3ccccc3nc12. The van der Waals surface area contributed by atoms with Crippen LogP contribution in [0.25, 0.3) is 94.7 Å². The summed E-state index contributed by atoms with van der Waals surface area (Å²) in [6, 6.07) is 55.9. The first-order valence-corrected chi connectivity index (χ1v) is 16.9. The average Bonchev–Trinajstić information content (AvgIpc) is 3.97. The number of imidazole rings is 4. The van der Waals surface area contributed by atoms with Crippen LogP contribution in [0.1, 0.15) is 0 Å². The molecular formula is C43H24N8Pt. The summed E-state index contributed by atoms with van der Waals surface area (Å²) in [4.78, 5) is 15.0. The topological polar surface area (TPSA) is 62.3 Å². The molecule has 52 heavy (non-hydrogen) atoms. The molecule has 9 heteroatoms. The molecule has 0 N–H and O–H groups in total. The molecule has 246 valence electrons. The third-order valence-corrected chi connectivity index (χ3v) is 10.1. The van der Waals surface area contributed by atoms with Gasteiger partial charge in [0, 0.05) is 11.7 Å². The molecule has 0 saturated carbocycles. The van der Waals surface area contributed by atoms with E-state index in [1.54, 1.807) is 0 Å². The Balaban J connectivity index is 0.00000320. The summed E-state index contributed by atoms with van der Waals surface area (Å²) in [7, 11) is 0. The first-order valence-electron chi connectivity index (χ1n) is 16.9. The monoisotopic (exact) mass is 847 g/mol. The molecule has 0 aliphatic rings. The molecule has 0 aliphatic carbocycles. The van der Waals surface area contributed by atoms with E-state index in [2.05, 4.69) is 144 Å². The van der Waals surface area contributed by atoms with E-state index in [0.717, 1.165) is 94.7 Å². The Hall–Kier alpha value is -6.50. The van der Waals surface area contributed by atoms with E-state index in [-0.39, 0.29) is 21.1 Å². The zero-order valence-electron chi connectivity index (χ0n) is 27.3. The fourth-order valence-electron chi connectivity index (χ4n) is 8.01. The van der Waals surface area contributed by atoms with Crippen LogP contribution in [-0.4, -0.2) is 37.5 Å². The summed E-state index contributed by atoms with van der Waals surface area (Å²) >= 11 is 0. The minimum Gasteiger partial charge on any atom is -0.358 e. The van der Waals surface area contributed by atoms with Gasteiger partial charge in [-0.25, -0.2) is 15.0 Å². The van der Waals surface area contributed by atoms with E-state index in [1.807, 2.05) is 36.5 Å². The van der Waals surface area contributed by atoms with Crippen LogP contribution < -0.4 is 0 Å². The summed E-state index contributed by atoms with van der Waals surface area (Å²) in [6.45, 7) is 0. The molecule has 0 bridgehead atoms. The average molecular weight is 848 g/mol. The molecule has 0 unspecified atom stereocenters. The molecule has 6 aromatic carbocycles. The van der Waals surface area contributed by atoms with Crippen LogP contribution in [0.3, 0.4) is 0 Å². The first kappa shape index (κ1) is 29.2. The van der Waals surface area contributed by atoms with Crippen molar-refractivity contribution < 1.29 is 21.1 Å². The van der Waals surface area contributed by atoms with E-state index in [1.165, 1.54) is 0 Å². The van der Waals surface area contributed by atoms with Crippen LogP contribution in [-0.2, 0) is 21.1 Å². The number of para-hydroxylation sites is 7. The zero-order valence-corrected chi connectivity index (χ0v) is 29.5. The van der Waals surface area contributed by atoms with Crippen LogP contribution in [0, 0.1) is 12.1 Å². The molecule has 12 aromatic rings. The maximum absolute atomic E-state index is 5.11. The van der Waals surface area contributed by atoms with Crippen LogP contribution in [0.5, 0.6) is 0 Å². The molecule has 6 aromatic heterocycles. The molecule has 0 radical (unpaired) electrons. The molecule has 0 fully saturated rings. The summed E-state index contributed by atoms with van der Waals surface area (Å²) < 4.78 is 11.0. The van der Waals surface area contributed by atoms with Gasteiger partial charge in [-0.3, -0.25) is 8.80 Å². The normalized spacial score (nSPS) is 12.1. The number of benzene rings is 6. The molecule has 6 heterocycles. The maximum Gasteiger partial charge on any atom is 2.00 e. The van der Waals surface area contributed by atoms with Gasteiger partial charge in [0.15, 0.2) is 5.65 Å². The van der Waals surface area contributed by atoms with Gasteiger partial charge in [0.1, 0.15) is 0 Å². The standard InChI is InChI=1S/C43H24N8.Pt/c1-4-16-34-30(13-1)31-23-22-29(48-37-19-7-8-20-38(37)50-35-17-5-2-14-32(35)45-42(48)50)26-40(31)47(34)27-11-9-12-28(25-27)49-39-21-10-24-44-41(39)51-36-18-6-3-15-33(36)46-43(49)51;/h1-24H;/q-2;+2. The molecule has 8 nitrogen and oxygen atoms in total. The Labute approximate surface area is 309 Å². The van der Waals surface area contributed by atoms with Crippen LogP contribution >= 0.6 is 0 Å². The predicted octanol–water partition coefficient (Wildman–Crippen LogP) is 9.27. The van der Waals surface area contributed by atoms with E-state index in [4.69, 9.17) is 15.0 Å². The van der Waals surface area contributed by atoms with Crippen LogP contribution in [0.4, 0.5) is 0 Å². The van der Waals surface area contributed by atoms with Crippen molar-refractivity contribution in [1.82, 2.24) is 37.5 Å². The Bertz CT molecular complexity index is 3390. The van der Waals surface area contributed by atoms with Crippen molar-refractivity contribution in [1.29, 1.82) is 0 Å². The smallest absolute Gasteiger partial charge is 0.358 e. The third-order valence-electron chi connectivity index (χ3n) is 10.1. The first-order chi connectivity index (χ1) is 25.3. The van der Waals surface area contributed by atoms with Crippen molar-refractivity contribution >= 4 is 77.6 Å². The number of aromatic nitrogens is 8. The Morgan fingerprint density at radius 3 is 1.77 bits per heavy atom. The molecule has 0 saturated heterocycles. The van der Waals surface area contributed by atoms with Crippen molar-refractivity contribution in [2.75, 3.05) is 0 Å². The second kappa shape index (κ2) is 10.8. The quantitative estimate of drug-likeness (QED) is 0.167. The van der Waals surface area contributed by atoms with Gasteiger partial charge in [0.25, 0.3) is 0 Å². The largest absolute Gasteiger partial charge is 2.00 e. The molecule has 12 rings (SSSR count). The van der Waals surface area contributed by atoms with Gasteiger partial charge in [-0.2, -0.15) is 12.1 Å². The molecule has 0 amide bonds. The van der Waals surface area contributed by atoms with E-state index >= 15 is 0 Å². The summed E-state index contributed by atoms with van der Waals surface area (Å²) in [5.74, 6) is 1.65. The Morgan fingerprint density at radius 1 is 0.404 bits per heavy atom. The number of hydrogen-bond acceptors (Lipinski definition) is 3. The van der Waals surface area contributed by atoms with E-state index in [9.17, 15) is 0 Å². The van der Waals surface area contributed by atoms with Gasteiger partial charge in [-0.05, 0) is 60.0 Å². The van der Waals surface area contributed by atoms with Crippen molar-refractivity contribution in [3.05, 3.63) is 158 Å². The fourth-order valence-corrected chi connectivity index (χ4v) is 8.01. The second-order valence-electron chi connectivity index (χ2n) is 12.9. The Kier molecular flexibility index (Phi) is 6.05. The summed E-state index contributed by atoms with van der Waals surface area (Å²) in [6.07, 6.45) is 1.83. The molecule has 0 atom stereocenters. The summed E-state index contributed by atoms with van der Waals surface area (Å²) in [5.41, 5.74) is 12.7. The number of fused-ring (bicyclic) bond motifs is 13. The number of nitrogens with zero attached hydrogens (tertiary/aromatic N) is 8. The van der Waals surface area contributed by atoms with Crippen LogP contribution in [0.2, 0.25) is 0 Å². The van der Waals surface area contributed by atoms with Crippen molar-refractivity contribution in [2.24, 2.45) is 0 Å². The van der Waals surface area contributed by atoms with Gasteiger partial charge >= 0.3 is 21.1 Å². The molecule has 0 spiro atoms. The van der Waals surface area contributed by atoms with Gasteiger partial charge in [-0.15, -0.1) is 35.7 Å². The van der Waals surface area contributed by atoms with E-state index < -0.39 is 0 Å². The third kappa shape index (κ3) is 3.82. The predicted molar refractivity (Wildman–Crippen MR) is 202 cm³/mol. The zero-order chi connectivity index (χ0) is 33.2.